The summed E-state index contributed by atoms with van der Waals surface area (Å²) in [7, 11) is 2.07. The second-order valence-corrected chi connectivity index (χ2v) is 7.81. The molecule has 1 aliphatic heterocycles. The highest BCUT2D eigenvalue weighted by Crippen LogP contribution is 2.34. The van der Waals surface area contributed by atoms with Gasteiger partial charge < -0.3 is 10.2 Å². The molecule has 0 spiro atoms. The summed E-state index contributed by atoms with van der Waals surface area (Å²) in [5.41, 5.74) is 2.83. The van der Waals surface area contributed by atoms with Crippen LogP contribution in [0.3, 0.4) is 0 Å². The molecule has 1 saturated heterocycles. The van der Waals surface area contributed by atoms with E-state index in [1.165, 1.54) is 6.07 Å². The van der Waals surface area contributed by atoms with Crippen molar-refractivity contribution in [1.82, 2.24) is 15.1 Å². The Morgan fingerprint density at radius 2 is 2.00 bits per heavy atom. The maximum Gasteiger partial charge on any atom is 0.228 e. The number of halogens is 3. The molecule has 0 atom stereocenters. The SMILES string of the molecule is Cc1c(F)ccc(-c2ccc3[nH]nc(NC(=O)C4CCN(C)CC4)c3c2)c1Cl.Cl. The van der Waals surface area contributed by atoms with Crippen LogP contribution in [0, 0.1) is 18.7 Å². The van der Waals surface area contributed by atoms with Crippen molar-refractivity contribution in [3.8, 4) is 11.1 Å². The number of nitrogens with zero attached hydrogens (tertiary/aromatic N) is 2. The van der Waals surface area contributed by atoms with Crippen molar-refractivity contribution >= 4 is 46.6 Å². The lowest BCUT2D eigenvalue weighted by atomic mass is 9.96. The highest BCUT2D eigenvalue weighted by molar-refractivity contribution is 6.34. The van der Waals surface area contributed by atoms with Crippen LogP contribution in [0.15, 0.2) is 30.3 Å². The highest BCUT2D eigenvalue weighted by Gasteiger charge is 2.24. The Hall–Kier alpha value is -2.15. The third-order valence-corrected chi connectivity index (χ3v) is 6.01. The fourth-order valence-corrected chi connectivity index (χ4v) is 3.91. The molecule has 29 heavy (non-hydrogen) atoms. The minimum absolute atomic E-state index is 0. The summed E-state index contributed by atoms with van der Waals surface area (Å²) in [5.74, 6) is 0.183. The maximum absolute atomic E-state index is 13.7. The molecular weight excluding hydrogens is 414 g/mol. The normalized spacial score (nSPS) is 15.3. The number of rotatable bonds is 3. The highest BCUT2D eigenvalue weighted by atomic mass is 35.5. The first-order chi connectivity index (χ1) is 13.4. The molecule has 0 aliphatic carbocycles. The number of likely N-dealkylation sites (tertiary alicyclic amines) is 1. The first kappa shape index (κ1) is 21.6. The zero-order valence-corrected chi connectivity index (χ0v) is 17.8. The van der Waals surface area contributed by atoms with E-state index in [4.69, 9.17) is 11.6 Å². The zero-order valence-electron chi connectivity index (χ0n) is 16.3. The fourth-order valence-electron chi connectivity index (χ4n) is 3.65. The Labute approximate surface area is 180 Å². The summed E-state index contributed by atoms with van der Waals surface area (Å²) >= 11 is 6.36. The molecule has 4 rings (SSSR count). The molecule has 1 aliphatic rings. The van der Waals surface area contributed by atoms with Gasteiger partial charge >= 0.3 is 0 Å². The summed E-state index contributed by atoms with van der Waals surface area (Å²) in [6, 6.07) is 8.79. The van der Waals surface area contributed by atoms with Gasteiger partial charge in [0.15, 0.2) is 5.82 Å². The van der Waals surface area contributed by atoms with E-state index in [1.54, 1.807) is 13.0 Å². The molecule has 0 unspecified atom stereocenters. The summed E-state index contributed by atoms with van der Waals surface area (Å²) in [5, 5.41) is 11.4. The topological polar surface area (TPSA) is 61.0 Å². The number of nitrogens with one attached hydrogen (secondary N) is 2. The predicted molar refractivity (Wildman–Crippen MR) is 117 cm³/mol. The van der Waals surface area contributed by atoms with Crippen molar-refractivity contribution in [1.29, 1.82) is 0 Å². The smallest absolute Gasteiger partial charge is 0.228 e. The lowest BCUT2D eigenvalue weighted by Crippen LogP contribution is -2.36. The number of aromatic nitrogens is 2. The minimum Gasteiger partial charge on any atom is -0.308 e. The monoisotopic (exact) mass is 436 g/mol. The number of carbonyl (C=O) groups excluding carboxylic acids is 1. The fraction of sp³-hybridized carbons (Fsp3) is 0.333. The van der Waals surface area contributed by atoms with Crippen molar-refractivity contribution in [3.63, 3.8) is 0 Å². The lowest BCUT2D eigenvalue weighted by molar-refractivity contribution is -0.121. The molecule has 0 radical (unpaired) electrons. The van der Waals surface area contributed by atoms with Gasteiger partial charge in [-0.1, -0.05) is 17.7 Å². The van der Waals surface area contributed by atoms with E-state index in [0.29, 0.717) is 16.4 Å². The molecular formula is C21H23Cl2FN4O. The molecule has 0 bridgehead atoms. The van der Waals surface area contributed by atoms with Gasteiger partial charge in [0.1, 0.15) is 5.82 Å². The molecule has 8 heteroatoms. The standard InChI is InChI=1S/C21H22ClFN4O.ClH/c1-12-17(23)5-4-15(19(12)22)14-3-6-18-16(11-14)20(26-25-18)24-21(28)13-7-9-27(2)10-8-13;/h3-6,11,13H,7-10H2,1-2H3,(H2,24,25,26,28);1H. The quantitative estimate of drug-likeness (QED) is 0.604. The van der Waals surface area contributed by atoms with Crippen LogP contribution in [-0.2, 0) is 4.79 Å². The van der Waals surface area contributed by atoms with Gasteiger partial charge in [-0.15, -0.1) is 12.4 Å². The molecule has 3 aromatic rings. The van der Waals surface area contributed by atoms with E-state index in [-0.39, 0.29) is 30.0 Å². The number of piperidine rings is 1. The molecule has 1 fully saturated rings. The van der Waals surface area contributed by atoms with E-state index in [0.717, 1.165) is 48.0 Å². The second kappa shape index (κ2) is 8.69. The van der Waals surface area contributed by atoms with E-state index in [1.807, 2.05) is 18.2 Å². The molecule has 5 nitrogen and oxygen atoms in total. The van der Waals surface area contributed by atoms with Gasteiger partial charge in [0, 0.05) is 22.4 Å². The molecule has 154 valence electrons. The van der Waals surface area contributed by atoms with Gasteiger partial charge in [-0.05, 0) is 69.7 Å². The van der Waals surface area contributed by atoms with Crippen molar-refractivity contribution in [2.75, 3.05) is 25.5 Å². The average molecular weight is 437 g/mol. The third-order valence-electron chi connectivity index (χ3n) is 5.53. The van der Waals surface area contributed by atoms with Crippen LogP contribution in [0.25, 0.3) is 22.0 Å². The van der Waals surface area contributed by atoms with Crippen LogP contribution in [-0.4, -0.2) is 41.1 Å². The summed E-state index contributed by atoms with van der Waals surface area (Å²) in [6.07, 6.45) is 1.70. The van der Waals surface area contributed by atoms with Crippen LogP contribution < -0.4 is 5.32 Å². The Morgan fingerprint density at radius 3 is 2.72 bits per heavy atom. The van der Waals surface area contributed by atoms with E-state index >= 15 is 0 Å². The van der Waals surface area contributed by atoms with Gasteiger partial charge in [-0.2, -0.15) is 5.10 Å². The first-order valence-corrected chi connectivity index (χ1v) is 9.74. The van der Waals surface area contributed by atoms with Crippen molar-refractivity contribution < 1.29 is 9.18 Å². The van der Waals surface area contributed by atoms with Crippen molar-refractivity contribution in [2.24, 2.45) is 5.92 Å². The number of hydrogen-bond acceptors (Lipinski definition) is 3. The van der Waals surface area contributed by atoms with E-state index < -0.39 is 0 Å². The van der Waals surface area contributed by atoms with Gasteiger partial charge in [-0.3, -0.25) is 9.89 Å². The number of amides is 1. The number of benzene rings is 2. The molecule has 1 aromatic heterocycles. The van der Waals surface area contributed by atoms with Gasteiger partial charge in [0.05, 0.1) is 10.5 Å². The maximum atomic E-state index is 13.7. The molecule has 2 heterocycles. The summed E-state index contributed by atoms with van der Waals surface area (Å²) in [6.45, 7) is 3.50. The summed E-state index contributed by atoms with van der Waals surface area (Å²) in [4.78, 5) is 14.9. The molecule has 2 aromatic carbocycles. The van der Waals surface area contributed by atoms with Crippen molar-refractivity contribution in [2.45, 2.75) is 19.8 Å². The van der Waals surface area contributed by atoms with Gasteiger partial charge in [-0.25, -0.2) is 4.39 Å². The number of fused-ring (bicyclic) bond motifs is 1. The second-order valence-electron chi connectivity index (χ2n) is 7.43. The molecule has 0 saturated carbocycles. The van der Waals surface area contributed by atoms with E-state index in [2.05, 4.69) is 27.5 Å². The lowest BCUT2D eigenvalue weighted by Gasteiger charge is -2.27. The van der Waals surface area contributed by atoms with Crippen LogP contribution in [0.4, 0.5) is 10.2 Å². The Bertz CT molecular complexity index is 1040. The van der Waals surface area contributed by atoms with Gasteiger partial charge in [0.25, 0.3) is 0 Å². The van der Waals surface area contributed by atoms with E-state index in [9.17, 15) is 9.18 Å². The number of H-pyrrole nitrogens is 1. The predicted octanol–water partition coefficient (Wildman–Crippen LogP) is 5.03. The number of carbonyl (C=O) groups is 1. The average Bonchev–Trinajstić information content (AvgIpc) is 3.09. The van der Waals surface area contributed by atoms with Crippen LogP contribution >= 0.6 is 24.0 Å². The number of hydrogen-bond donors (Lipinski definition) is 2. The Kier molecular flexibility index (Phi) is 6.46. The van der Waals surface area contributed by atoms with Crippen LogP contribution in [0.1, 0.15) is 18.4 Å². The Balaban J connectivity index is 0.00000240. The summed E-state index contributed by atoms with van der Waals surface area (Å²) < 4.78 is 13.7. The van der Waals surface area contributed by atoms with Crippen molar-refractivity contribution in [3.05, 3.63) is 46.7 Å². The van der Waals surface area contributed by atoms with Crippen LogP contribution in [0.5, 0.6) is 0 Å². The molecule has 1 amide bonds. The van der Waals surface area contributed by atoms with Gasteiger partial charge in [0.2, 0.25) is 5.91 Å². The third kappa shape index (κ3) is 4.25. The number of anilines is 1. The largest absolute Gasteiger partial charge is 0.308 e. The van der Waals surface area contributed by atoms with Crippen LogP contribution in [0.2, 0.25) is 5.02 Å². The minimum atomic E-state index is -0.329. The number of aromatic amines is 1. The zero-order chi connectivity index (χ0) is 19.8. The Morgan fingerprint density at radius 1 is 1.28 bits per heavy atom. The first-order valence-electron chi connectivity index (χ1n) is 9.36. The molecule has 2 N–H and O–H groups in total.